The number of carbonyl (C=O) groups excluding carboxylic acids is 2. The molecule has 170 valence electrons. The lowest BCUT2D eigenvalue weighted by molar-refractivity contribution is -0.132. The number of aryl methyl sites for hydroxylation is 1. The van der Waals surface area contributed by atoms with Gasteiger partial charge in [-0.15, -0.1) is 0 Å². The molecule has 5 nitrogen and oxygen atoms in total. The first-order valence-corrected chi connectivity index (χ1v) is 12.0. The van der Waals surface area contributed by atoms with Crippen LogP contribution in [0.5, 0.6) is 0 Å². The number of nitrogens with zero attached hydrogens (tertiary/aromatic N) is 2. The summed E-state index contributed by atoms with van der Waals surface area (Å²) in [5.74, 6) is -1.24. The lowest BCUT2D eigenvalue weighted by Gasteiger charge is -2.23. The number of para-hydroxylation sites is 1. The third-order valence-corrected chi connectivity index (χ3v) is 7.21. The van der Waals surface area contributed by atoms with Gasteiger partial charge in [-0.3, -0.25) is 14.5 Å². The number of carbonyl (C=O) groups is 2. The molecule has 1 aliphatic rings. The molecule has 0 unspecified atom stereocenters. The quantitative estimate of drug-likeness (QED) is 0.215. The molecule has 1 amide bonds. The number of benzene rings is 3. The SMILES string of the molecule is Cc1ccc(C(O)=C2C(=O)C(=O)N(c3nc4ccccc4s3)[C@H]2c2ccc(C(C)C)cc2)cc1. The van der Waals surface area contributed by atoms with Gasteiger partial charge in [0.2, 0.25) is 0 Å². The van der Waals surface area contributed by atoms with Gasteiger partial charge in [-0.1, -0.05) is 91.4 Å². The molecule has 1 atom stereocenters. The Labute approximate surface area is 202 Å². The first-order chi connectivity index (χ1) is 16.3. The van der Waals surface area contributed by atoms with Gasteiger partial charge in [-0.2, -0.15) is 0 Å². The standard InChI is InChI=1S/C28H24N2O3S/c1-16(2)18-12-14-19(15-13-18)24-23(25(31)20-10-8-17(3)9-11-20)26(32)27(33)30(24)28-29-21-6-4-5-7-22(21)34-28/h4-16,24,31H,1-3H3/t24-/m0/s1. The Balaban J connectivity index is 1.71. The van der Waals surface area contributed by atoms with Crippen molar-refractivity contribution in [2.75, 3.05) is 4.90 Å². The predicted octanol–water partition coefficient (Wildman–Crippen LogP) is 6.35. The molecule has 1 N–H and O–H groups in total. The fourth-order valence-corrected chi connectivity index (χ4v) is 5.23. The van der Waals surface area contributed by atoms with Crippen molar-refractivity contribution in [1.29, 1.82) is 0 Å². The second-order valence-corrected chi connectivity index (χ2v) is 9.83. The van der Waals surface area contributed by atoms with Crippen LogP contribution in [-0.2, 0) is 9.59 Å². The average molecular weight is 469 g/mol. The number of fused-ring (bicyclic) bond motifs is 1. The second kappa shape index (κ2) is 8.54. The molecule has 2 heterocycles. The zero-order valence-electron chi connectivity index (χ0n) is 19.1. The second-order valence-electron chi connectivity index (χ2n) is 8.82. The topological polar surface area (TPSA) is 70.5 Å². The number of anilines is 1. The van der Waals surface area contributed by atoms with Crippen LogP contribution >= 0.6 is 11.3 Å². The van der Waals surface area contributed by atoms with E-state index in [9.17, 15) is 14.7 Å². The van der Waals surface area contributed by atoms with E-state index in [1.165, 1.54) is 16.2 Å². The van der Waals surface area contributed by atoms with Crippen molar-refractivity contribution < 1.29 is 14.7 Å². The summed E-state index contributed by atoms with van der Waals surface area (Å²) >= 11 is 1.36. The zero-order valence-corrected chi connectivity index (χ0v) is 20.0. The predicted molar refractivity (Wildman–Crippen MR) is 136 cm³/mol. The molecule has 5 rings (SSSR count). The fraction of sp³-hybridized carbons (Fsp3) is 0.179. The molecule has 1 saturated heterocycles. The van der Waals surface area contributed by atoms with Crippen LogP contribution in [0.1, 0.15) is 48.1 Å². The van der Waals surface area contributed by atoms with Crippen LogP contribution in [0.3, 0.4) is 0 Å². The number of ketones is 1. The minimum Gasteiger partial charge on any atom is -0.507 e. The number of Topliss-reactive ketones (excluding diaryl/α,β-unsaturated/α-hetero) is 1. The molecule has 34 heavy (non-hydrogen) atoms. The molecule has 1 aromatic heterocycles. The van der Waals surface area contributed by atoms with Gasteiger partial charge in [0.15, 0.2) is 5.13 Å². The normalized spacial score (nSPS) is 17.8. The third kappa shape index (κ3) is 3.70. The molecule has 0 bridgehead atoms. The maximum absolute atomic E-state index is 13.3. The van der Waals surface area contributed by atoms with Crippen LogP contribution in [0.25, 0.3) is 16.0 Å². The Morgan fingerprint density at radius 1 is 0.971 bits per heavy atom. The van der Waals surface area contributed by atoms with Gasteiger partial charge >= 0.3 is 5.91 Å². The number of amides is 1. The van der Waals surface area contributed by atoms with E-state index in [0.29, 0.717) is 16.6 Å². The third-order valence-electron chi connectivity index (χ3n) is 6.18. The maximum atomic E-state index is 13.3. The first-order valence-electron chi connectivity index (χ1n) is 11.2. The minimum atomic E-state index is -0.775. The van der Waals surface area contributed by atoms with Gasteiger partial charge in [0.25, 0.3) is 5.78 Å². The van der Waals surface area contributed by atoms with Gasteiger partial charge in [-0.25, -0.2) is 4.98 Å². The van der Waals surface area contributed by atoms with Crippen LogP contribution < -0.4 is 4.90 Å². The summed E-state index contributed by atoms with van der Waals surface area (Å²) in [5.41, 5.74) is 4.27. The molecule has 0 aliphatic carbocycles. The highest BCUT2D eigenvalue weighted by Gasteiger charge is 2.48. The molecule has 0 radical (unpaired) electrons. The fourth-order valence-electron chi connectivity index (χ4n) is 4.24. The van der Waals surface area contributed by atoms with Gasteiger partial charge in [-0.05, 0) is 36.1 Å². The molecular formula is C28H24N2O3S. The molecule has 0 saturated carbocycles. The highest BCUT2D eigenvalue weighted by atomic mass is 32.1. The van der Waals surface area contributed by atoms with Crippen molar-refractivity contribution in [1.82, 2.24) is 4.98 Å². The van der Waals surface area contributed by atoms with Crippen molar-refractivity contribution >= 4 is 44.1 Å². The number of aromatic nitrogens is 1. The van der Waals surface area contributed by atoms with E-state index >= 15 is 0 Å². The summed E-state index contributed by atoms with van der Waals surface area (Å²) in [6, 6.07) is 22.0. The summed E-state index contributed by atoms with van der Waals surface area (Å²) < 4.78 is 0.923. The van der Waals surface area contributed by atoms with Crippen LogP contribution in [-0.4, -0.2) is 21.8 Å². The zero-order chi connectivity index (χ0) is 24.0. The Kier molecular flexibility index (Phi) is 5.54. The van der Waals surface area contributed by atoms with Crippen LogP contribution in [0.4, 0.5) is 5.13 Å². The molecule has 1 fully saturated rings. The monoisotopic (exact) mass is 468 g/mol. The van der Waals surface area contributed by atoms with Crippen molar-refractivity contribution in [3.8, 4) is 0 Å². The Bertz CT molecular complexity index is 1400. The Morgan fingerprint density at radius 2 is 1.65 bits per heavy atom. The number of hydrogen-bond donors (Lipinski definition) is 1. The number of aliphatic hydroxyl groups excluding tert-OH is 1. The van der Waals surface area contributed by atoms with E-state index < -0.39 is 17.7 Å². The Morgan fingerprint density at radius 3 is 2.29 bits per heavy atom. The number of thiazole rings is 1. The largest absolute Gasteiger partial charge is 0.507 e. The summed E-state index contributed by atoms with van der Waals surface area (Å²) in [4.78, 5) is 32.7. The Hall–Kier alpha value is -3.77. The van der Waals surface area contributed by atoms with E-state index in [1.54, 1.807) is 12.1 Å². The van der Waals surface area contributed by atoms with Gasteiger partial charge in [0.05, 0.1) is 21.8 Å². The molecule has 3 aromatic carbocycles. The van der Waals surface area contributed by atoms with Gasteiger partial charge in [0, 0.05) is 5.56 Å². The summed E-state index contributed by atoms with van der Waals surface area (Å²) in [5, 5.41) is 11.7. The maximum Gasteiger partial charge on any atom is 0.301 e. The van der Waals surface area contributed by atoms with E-state index in [2.05, 4.69) is 18.8 Å². The van der Waals surface area contributed by atoms with E-state index in [0.717, 1.165) is 26.9 Å². The van der Waals surface area contributed by atoms with E-state index in [-0.39, 0.29) is 11.3 Å². The highest BCUT2D eigenvalue weighted by molar-refractivity contribution is 7.22. The number of hydrogen-bond acceptors (Lipinski definition) is 5. The molecular weight excluding hydrogens is 444 g/mol. The van der Waals surface area contributed by atoms with E-state index in [1.807, 2.05) is 67.6 Å². The lowest BCUT2D eigenvalue weighted by atomic mass is 9.93. The van der Waals surface area contributed by atoms with Crippen molar-refractivity contribution in [3.63, 3.8) is 0 Å². The summed E-state index contributed by atoms with van der Waals surface area (Å²) in [6.07, 6.45) is 0. The van der Waals surface area contributed by atoms with Crippen molar-refractivity contribution in [2.24, 2.45) is 0 Å². The lowest BCUT2D eigenvalue weighted by Crippen LogP contribution is -2.29. The van der Waals surface area contributed by atoms with Gasteiger partial charge < -0.3 is 5.11 Å². The number of aliphatic hydroxyl groups is 1. The number of rotatable bonds is 4. The summed E-state index contributed by atoms with van der Waals surface area (Å²) in [7, 11) is 0. The van der Waals surface area contributed by atoms with Crippen LogP contribution in [0, 0.1) is 6.92 Å². The first kappa shape index (κ1) is 22.0. The van der Waals surface area contributed by atoms with Crippen molar-refractivity contribution in [3.05, 3.63) is 101 Å². The van der Waals surface area contributed by atoms with Crippen molar-refractivity contribution in [2.45, 2.75) is 32.7 Å². The smallest absolute Gasteiger partial charge is 0.301 e. The summed E-state index contributed by atoms with van der Waals surface area (Å²) in [6.45, 7) is 6.17. The molecule has 0 spiro atoms. The molecule has 6 heteroatoms. The van der Waals surface area contributed by atoms with Crippen LogP contribution in [0.2, 0.25) is 0 Å². The average Bonchev–Trinajstić information content (AvgIpc) is 3.37. The minimum absolute atomic E-state index is 0.0745. The van der Waals surface area contributed by atoms with Gasteiger partial charge in [0.1, 0.15) is 5.76 Å². The van der Waals surface area contributed by atoms with E-state index in [4.69, 9.17) is 0 Å². The molecule has 1 aliphatic heterocycles. The highest BCUT2D eigenvalue weighted by Crippen LogP contribution is 2.44. The molecule has 4 aromatic rings. The van der Waals surface area contributed by atoms with Crippen LogP contribution in [0.15, 0.2) is 78.4 Å².